The number of carbonyl (C=O) groups excluding carboxylic acids is 3. The molecule has 2 aromatic carbocycles. The van der Waals surface area contributed by atoms with E-state index in [0.717, 1.165) is 5.39 Å². The fourth-order valence-corrected chi connectivity index (χ4v) is 2.67. The number of hydrogen-bond donors (Lipinski definition) is 3. The molecule has 122 valence electrons. The van der Waals surface area contributed by atoms with Crippen molar-refractivity contribution in [3.8, 4) is 0 Å². The average molecular weight is 326 g/mol. The van der Waals surface area contributed by atoms with Gasteiger partial charge in [-0.25, -0.2) is 4.79 Å². The van der Waals surface area contributed by atoms with Gasteiger partial charge in [0, 0.05) is 6.42 Å². The molecule has 7 nitrogen and oxygen atoms in total. The normalized spacial score (nSPS) is 17.4. The number of imide groups is 1. The van der Waals surface area contributed by atoms with Gasteiger partial charge in [-0.2, -0.15) is 0 Å². The maximum atomic E-state index is 12.5. The number of benzene rings is 2. The second-order valence-corrected chi connectivity index (χ2v) is 5.53. The molecule has 0 bridgehead atoms. The Balaban J connectivity index is 1.94. The SMILES string of the molecule is O=C1CCC(NC(=O)c2cc3ccccc3cc2C(=O)O)C(=O)N1. The summed E-state index contributed by atoms with van der Waals surface area (Å²) in [4.78, 5) is 46.8. The summed E-state index contributed by atoms with van der Waals surface area (Å²) in [5.41, 5.74) is -0.163. The highest BCUT2D eigenvalue weighted by molar-refractivity contribution is 6.10. The van der Waals surface area contributed by atoms with Crippen molar-refractivity contribution < 1.29 is 24.3 Å². The van der Waals surface area contributed by atoms with Gasteiger partial charge in [0.05, 0.1) is 11.1 Å². The summed E-state index contributed by atoms with van der Waals surface area (Å²) >= 11 is 0. The highest BCUT2D eigenvalue weighted by Gasteiger charge is 2.29. The van der Waals surface area contributed by atoms with Gasteiger partial charge in [0.15, 0.2) is 0 Å². The maximum absolute atomic E-state index is 12.5. The summed E-state index contributed by atoms with van der Waals surface area (Å²) in [5.74, 6) is -2.86. The molecular weight excluding hydrogens is 312 g/mol. The van der Waals surface area contributed by atoms with E-state index in [1.54, 1.807) is 24.3 Å². The minimum atomic E-state index is -1.23. The summed E-state index contributed by atoms with van der Waals surface area (Å²) < 4.78 is 0. The number of aromatic carboxylic acids is 1. The minimum absolute atomic E-state index is 0.0223. The summed E-state index contributed by atoms with van der Waals surface area (Å²) in [6, 6.07) is 9.13. The second kappa shape index (κ2) is 6.11. The molecule has 3 N–H and O–H groups in total. The monoisotopic (exact) mass is 326 g/mol. The fourth-order valence-electron chi connectivity index (χ4n) is 2.67. The summed E-state index contributed by atoms with van der Waals surface area (Å²) in [7, 11) is 0. The van der Waals surface area contributed by atoms with Crippen LogP contribution in [0.25, 0.3) is 10.8 Å². The van der Waals surface area contributed by atoms with Crippen molar-refractivity contribution in [2.75, 3.05) is 0 Å². The smallest absolute Gasteiger partial charge is 0.336 e. The van der Waals surface area contributed by atoms with Crippen LogP contribution in [-0.4, -0.2) is 34.8 Å². The predicted molar refractivity (Wildman–Crippen MR) is 84.5 cm³/mol. The number of fused-ring (bicyclic) bond motifs is 1. The van der Waals surface area contributed by atoms with Crippen LogP contribution >= 0.6 is 0 Å². The van der Waals surface area contributed by atoms with E-state index in [-0.39, 0.29) is 29.9 Å². The second-order valence-electron chi connectivity index (χ2n) is 5.53. The molecule has 0 radical (unpaired) electrons. The predicted octanol–water partition coefficient (Wildman–Crippen LogP) is 1.07. The standard InChI is InChI=1S/C17H14N2O5/c20-14-6-5-13(16(22)19-14)18-15(21)11-7-9-3-1-2-4-10(9)8-12(11)17(23)24/h1-4,7-8,13H,5-6H2,(H,18,21)(H,23,24)(H,19,20,22). The molecule has 2 aromatic rings. The molecule has 0 aromatic heterocycles. The first-order valence-electron chi connectivity index (χ1n) is 7.36. The van der Waals surface area contributed by atoms with Crippen LogP contribution in [-0.2, 0) is 9.59 Å². The molecule has 0 spiro atoms. The van der Waals surface area contributed by atoms with E-state index in [1.165, 1.54) is 12.1 Å². The van der Waals surface area contributed by atoms with Crippen LogP contribution < -0.4 is 10.6 Å². The molecule has 0 saturated carbocycles. The Bertz CT molecular complexity index is 874. The third-order valence-corrected chi connectivity index (χ3v) is 3.91. The summed E-state index contributed by atoms with van der Waals surface area (Å²) in [6.07, 6.45) is 0.312. The van der Waals surface area contributed by atoms with E-state index in [9.17, 15) is 24.3 Å². The van der Waals surface area contributed by atoms with Crippen LogP contribution in [0.5, 0.6) is 0 Å². The fraction of sp³-hybridized carbons (Fsp3) is 0.176. The van der Waals surface area contributed by atoms with Crippen molar-refractivity contribution in [1.82, 2.24) is 10.6 Å². The zero-order valence-corrected chi connectivity index (χ0v) is 12.5. The van der Waals surface area contributed by atoms with Crippen LogP contribution in [0.2, 0.25) is 0 Å². The van der Waals surface area contributed by atoms with Crippen molar-refractivity contribution in [3.05, 3.63) is 47.5 Å². The zero-order chi connectivity index (χ0) is 17.3. The van der Waals surface area contributed by atoms with Crippen LogP contribution in [0, 0.1) is 0 Å². The van der Waals surface area contributed by atoms with Crippen molar-refractivity contribution in [1.29, 1.82) is 0 Å². The Labute approximate surface area is 136 Å². The van der Waals surface area contributed by atoms with Crippen molar-refractivity contribution in [2.45, 2.75) is 18.9 Å². The first kappa shape index (κ1) is 15.7. The molecule has 1 aliphatic rings. The minimum Gasteiger partial charge on any atom is -0.478 e. The molecule has 3 rings (SSSR count). The zero-order valence-electron chi connectivity index (χ0n) is 12.5. The molecular formula is C17H14N2O5. The molecule has 3 amide bonds. The summed E-state index contributed by atoms with van der Waals surface area (Å²) in [6.45, 7) is 0. The molecule has 7 heteroatoms. The number of piperidine rings is 1. The Hall–Kier alpha value is -3.22. The van der Waals surface area contributed by atoms with E-state index in [4.69, 9.17) is 0 Å². The third kappa shape index (κ3) is 2.96. The molecule has 1 unspecified atom stereocenters. The van der Waals surface area contributed by atoms with Gasteiger partial charge in [-0.05, 0) is 29.3 Å². The molecule has 1 saturated heterocycles. The van der Waals surface area contributed by atoms with E-state index in [1.807, 2.05) is 0 Å². The Morgan fingerprint density at radius 1 is 1.08 bits per heavy atom. The van der Waals surface area contributed by atoms with Gasteiger partial charge in [0.2, 0.25) is 11.8 Å². The van der Waals surface area contributed by atoms with E-state index < -0.39 is 23.8 Å². The van der Waals surface area contributed by atoms with Crippen molar-refractivity contribution >= 4 is 34.5 Å². The van der Waals surface area contributed by atoms with Gasteiger partial charge >= 0.3 is 5.97 Å². The van der Waals surface area contributed by atoms with Crippen LogP contribution in [0.15, 0.2) is 36.4 Å². The van der Waals surface area contributed by atoms with Crippen molar-refractivity contribution in [2.24, 2.45) is 0 Å². The number of amides is 3. The molecule has 1 atom stereocenters. The van der Waals surface area contributed by atoms with Crippen LogP contribution in [0.3, 0.4) is 0 Å². The molecule has 1 heterocycles. The lowest BCUT2D eigenvalue weighted by molar-refractivity contribution is -0.134. The van der Waals surface area contributed by atoms with E-state index in [2.05, 4.69) is 10.6 Å². The van der Waals surface area contributed by atoms with Gasteiger partial charge in [0.1, 0.15) is 6.04 Å². The van der Waals surface area contributed by atoms with Gasteiger partial charge in [-0.3, -0.25) is 19.7 Å². The lowest BCUT2D eigenvalue weighted by atomic mass is 9.99. The van der Waals surface area contributed by atoms with Crippen LogP contribution in [0.4, 0.5) is 0 Å². The number of nitrogens with one attached hydrogen (secondary N) is 2. The van der Waals surface area contributed by atoms with E-state index >= 15 is 0 Å². The average Bonchev–Trinajstić information content (AvgIpc) is 2.56. The lowest BCUT2D eigenvalue weighted by Gasteiger charge is -2.22. The summed E-state index contributed by atoms with van der Waals surface area (Å²) in [5, 5.41) is 15.4. The Morgan fingerprint density at radius 3 is 2.29 bits per heavy atom. The molecule has 1 aliphatic heterocycles. The van der Waals surface area contributed by atoms with Gasteiger partial charge in [-0.1, -0.05) is 24.3 Å². The number of carboxylic acid groups (broad SMARTS) is 1. The van der Waals surface area contributed by atoms with Crippen molar-refractivity contribution in [3.63, 3.8) is 0 Å². The first-order chi connectivity index (χ1) is 11.5. The molecule has 1 fully saturated rings. The first-order valence-corrected chi connectivity index (χ1v) is 7.36. The van der Waals surface area contributed by atoms with Gasteiger partial charge in [0.25, 0.3) is 5.91 Å². The topological polar surface area (TPSA) is 113 Å². The lowest BCUT2D eigenvalue weighted by Crippen LogP contribution is -2.52. The Kier molecular flexibility index (Phi) is 3.99. The quantitative estimate of drug-likeness (QED) is 0.730. The van der Waals surface area contributed by atoms with Gasteiger partial charge < -0.3 is 10.4 Å². The number of carbonyl (C=O) groups is 4. The van der Waals surface area contributed by atoms with E-state index in [0.29, 0.717) is 5.39 Å². The van der Waals surface area contributed by atoms with Gasteiger partial charge in [-0.15, -0.1) is 0 Å². The number of rotatable bonds is 3. The molecule has 0 aliphatic carbocycles. The number of carboxylic acids is 1. The maximum Gasteiger partial charge on any atom is 0.336 e. The third-order valence-electron chi connectivity index (χ3n) is 3.91. The highest BCUT2D eigenvalue weighted by Crippen LogP contribution is 2.21. The Morgan fingerprint density at radius 2 is 1.71 bits per heavy atom. The molecule has 24 heavy (non-hydrogen) atoms. The highest BCUT2D eigenvalue weighted by atomic mass is 16.4. The largest absolute Gasteiger partial charge is 0.478 e. The van der Waals surface area contributed by atoms with Crippen LogP contribution in [0.1, 0.15) is 33.6 Å². The number of hydrogen-bond acceptors (Lipinski definition) is 4.